The second-order valence-electron chi connectivity index (χ2n) is 4.39. The highest BCUT2D eigenvalue weighted by molar-refractivity contribution is 9.11. The van der Waals surface area contributed by atoms with Crippen molar-refractivity contribution in [3.63, 3.8) is 0 Å². The predicted molar refractivity (Wildman–Crippen MR) is 87.3 cm³/mol. The fourth-order valence-corrected chi connectivity index (χ4v) is 5.25. The summed E-state index contributed by atoms with van der Waals surface area (Å²) >= 11 is 3.82. The van der Waals surface area contributed by atoms with E-state index in [1.54, 1.807) is 0 Å². The van der Waals surface area contributed by atoms with Gasteiger partial charge >= 0.3 is 12.3 Å². The Bertz CT molecular complexity index is 895. The number of alkyl halides is 3. The summed E-state index contributed by atoms with van der Waals surface area (Å²) in [5, 5.41) is 0. The average molecular weight is 460 g/mol. The van der Waals surface area contributed by atoms with Crippen LogP contribution < -0.4 is 9.46 Å². The van der Waals surface area contributed by atoms with E-state index < -0.39 is 33.8 Å². The standard InChI is InChI=1S/C13H9BrF3NO5S2/c1-22-12(19)9-6-10(11(14)24-9)25(20,21)18-7-4-2-3-5-8(7)23-13(15,16)17/h2-6,18H,1H3. The van der Waals surface area contributed by atoms with E-state index in [-0.39, 0.29) is 13.6 Å². The van der Waals surface area contributed by atoms with E-state index in [9.17, 15) is 26.4 Å². The zero-order valence-electron chi connectivity index (χ0n) is 12.3. The highest BCUT2D eigenvalue weighted by Gasteiger charge is 2.33. The first-order valence-corrected chi connectivity index (χ1v) is 9.38. The first-order chi connectivity index (χ1) is 11.5. The molecule has 0 spiro atoms. The van der Waals surface area contributed by atoms with Crippen LogP contribution >= 0.6 is 27.3 Å². The fourth-order valence-electron chi connectivity index (χ4n) is 1.70. The Kier molecular flexibility index (Phi) is 5.64. The summed E-state index contributed by atoms with van der Waals surface area (Å²) in [6.07, 6.45) is -4.98. The van der Waals surface area contributed by atoms with E-state index in [1.165, 1.54) is 12.1 Å². The lowest BCUT2D eigenvalue weighted by atomic mass is 10.3. The van der Waals surface area contributed by atoms with Crippen LogP contribution in [0.25, 0.3) is 0 Å². The highest BCUT2D eigenvalue weighted by atomic mass is 79.9. The first kappa shape index (κ1) is 19.5. The van der Waals surface area contributed by atoms with Crippen LogP contribution in [0.4, 0.5) is 18.9 Å². The molecule has 0 atom stereocenters. The van der Waals surface area contributed by atoms with Gasteiger partial charge in [0.2, 0.25) is 0 Å². The van der Waals surface area contributed by atoms with Crippen LogP contribution in [0, 0.1) is 0 Å². The van der Waals surface area contributed by atoms with Crippen molar-refractivity contribution >= 4 is 48.9 Å². The van der Waals surface area contributed by atoms with Gasteiger partial charge in [-0.05, 0) is 34.1 Å². The lowest BCUT2D eigenvalue weighted by molar-refractivity contribution is -0.274. The molecule has 0 amide bonds. The monoisotopic (exact) mass is 459 g/mol. The molecule has 2 aromatic rings. The average Bonchev–Trinajstić information content (AvgIpc) is 2.89. The van der Waals surface area contributed by atoms with Crippen LogP contribution in [0.3, 0.4) is 0 Å². The molecular weight excluding hydrogens is 451 g/mol. The molecule has 0 saturated heterocycles. The van der Waals surface area contributed by atoms with Gasteiger partial charge in [0, 0.05) is 0 Å². The first-order valence-electron chi connectivity index (χ1n) is 6.29. The number of carbonyl (C=O) groups excluding carboxylic acids is 1. The Balaban J connectivity index is 2.37. The Labute approximate surface area is 152 Å². The fraction of sp³-hybridized carbons (Fsp3) is 0.154. The summed E-state index contributed by atoms with van der Waals surface area (Å²) in [4.78, 5) is 11.2. The maximum Gasteiger partial charge on any atom is 0.573 e. The van der Waals surface area contributed by atoms with Crippen LogP contribution in [-0.4, -0.2) is 27.9 Å². The third-order valence-electron chi connectivity index (χ3n) is 2.69. The van der Waals surface area contributed by atoms with Gasteiger partial charge in [0.15, 0.2) is 5.75 Å². The SMILES string of the molecule is COC(=O)c1cc(S(=O)(=O)Nc2ccccc2OC(F)(F)F)c(Br)s1. The molecule has 1 N–H and O–H groups in total. The number of esters is 1. The highest BCUT2D eigenvalue weighted by Crippen LogP contribution is 2.35. The number of para-hydroxylation sites is 2. The van der Waals surface area contributed by atoms with E-state index in [2.05, 4.69) is 25.4 Å². The van der Waals surface area contributed by atoms with Crippen LogP contribution in [0.15, 0.2) is 39.0 Å². The molecule has 0 radical (unpaired) electrons. The quantitative estimate of drug-likeness (QED) is 0.683. The second-order valence-corrected chi connectivity index (χ2v) is 8.41. The van der Waals surface area contributed by atoms with Crippen molar-refractivity contribution in [1.29, 1.82) is 0 Å². The van der Waals surface area contributed by atoms with Crippen LogP contribution in [0.2, 0.25) is 0 Å². The van der Waals surface area contributed by atoms with Gasteiger partial charge in [-0.1, -0.05) is 12.1 Å². The number of sulfonamides is 1. The van der Waals surface area contributed by atoms with Crippen molar-refractivity contribution in [2.75, 3.05) is 11.8 Å². The minimum atomic E-state index is -4.98. The molecule has 0 fully saturated rings. The maximum absolute atomic E-state index is 12.4. The number of hydrogen-bond donors (Lipinski definition) is 1. The number of rotatable bonds is 5. The molecule has 136 valence electrons. The van der Waals surface area contributed by atoms with Gasteiger partial charge in [-0.3, -0.25) is 4.72 Å². The largest absolute Gasteiger partial charge is 0.573 e. The normalized spacial score (nSPS) is 11.9. The van der Waals surface area contributed by atoms with Gasteiger partial charge in [0.25, 0.3) is 10.0 Å². The third-order valence-corrected chi connectivity index (χ3v) is 6.29. The number of nitrogens with one attached hydrogen (secondary N) is 1. The second kappa shape index (κ2) is 7.22. The van der Waals surface area contributed by atoms with Gasteiger partial charge in [-0.2, -0.15) is 0 Å². The molecule has 0 aliphatic carbocycles. The van der Waals surface area contributed by atoms with Crippen LogP contribution in [0.1, 0.15) is 9.67 Å². The lowest BCUT2D eigenvalue weighted by Crippen LogP contribution is -2.19. The van der Waals surface area contributed by atoms with E-state index in [4.69, 9.17) is 0 Å². The summed E-state index contributed by atoms with van der Waals surface area (Å²) in [5.74, 6) is -1.45. The molecule has 25 heavy (non-hydrogen) atoms. The minimum absolute atomic E-state index is 0.00887. The number of anilines is 1. The van der Waals surface area contributed by atoms with Gasteiger partial charge in [0.05, 0.1) is 16.6 Å². The Morgan fingerprint density at radius 2 is 1.92 bits per heavy atom. The summed E-state index contributed by atoms with van der Waals surface area (Å²) in [6, 6.07) is 5.72. The molecule has 0 unspecified atom stereocenters. The zero-order chi connectivity index (χ0) is 18.8. The number of halogens is 4. The molecule has 0 saturated carbocycles. The number of methoxy groups -OCH3 is 1. The molecule has 0 aliphatic heterocycles. The van der Waals surface area contributed by atoms with Crippen molar-refractivity contribution in [3.8, 4) is 5.75 Å². The maximum atomic E-state index is 12.4. The van der Waals surface area contributed by atoms with Crippen molar-refractivity contribution in [3.05, 3.63) is 39.0 Å². The zero-order valence-corrected chi connectivity index (χ0v) is 15.5. The van der Waals surface area contributed by atoms with E-state index in [0.29, 0.717) is 0 Å². The molecule has 1 heterocycles. The smallest absolute Gasteiger partial charge is 0.465 e. The minimum Gasteiger partial charge on any atom is -0.465 e. The van der Waals surface area contributed by atoms with Crippen molar-refractivity contribution in [1.82, 2.24) is 0 Å². The van der Waals surface area contributed by atoms with Crippen LogP contribution in [0.5, 0.6) is 5.75 Å². The molecule has 1 aromatic heterocycles. The molecule has 6 nitrogen and oxygen atoms in total. The Morgan fingerprint density at radius 1 is 1.28 bits per heavy atom. The van der Waals surface area contributed by atoms with Crippen molar-refractivity contribution < 1.29 is 35.9 Å². The van der Waals surface area contributed by atoms with E-state index in [1.807, 2.05) is 4.72 Å². The number of carbonyl (C=O) groups is 1. The number of hydrogen-bond acceptors (Lipinski definition) is 6. The molecule has 0 aliphatic rings. The van der Waals surface area contributed by atoms with Gasteiger partial charge in [-0.25, -0.2) is 13.2 Å². The number of ether oxygens (including phenoxy) is 2. The molecule has 12 heteroatoms. The van der Waals surface area contributed by atoms with Crippen LogP contribution in [-0.2, 0) is 14.8 Å². The van der Waals surface area contributed by atoms with E-state index in [0.717, 1.165) is 36.6 Å². The Hall–Kier alpha value is -1.79. The lowest BCUT2D eigenvalue weighted by Gasteiger charge is -2.14. The summed E-state index contributed by atoms with van der Waals surface area (Å²) in [6.45, 7) is 0. The molecule has 1 aromatic carbocycles. The van der Waals surface area contributed by atoms with E-state index >= 15 is 0 Å². The number of thiophene rings is 1. The third kappa shape index (κ3) is 4.86. The molecular formula is C13H9BrF3NO5S2. The van der Waals surface area contributed by atoms with Gasteiger partial charge < -0.3 is 9.47 Å². The summed E-state index contributed by atoms with van der Waals surface area (Å²) < 4.78 is 72.5. The van der Waals surface area contributed by atoms with Gasteiger partial charge in [0.1, 0.15) is 9.77 Å². The number of benzene rings is 1. The molecule has 0 bridgehead atoms. The van der Waals surface area contributed by atoms with Crippen molar-refractivity contribution in [2.24, 2.45) is 0 Å². The summed E-state index contributed by atoms with van der Waals surface area (Å²) in [7, 11) is -3.15. The predicted octanol–water partition coefficient (Wildman–Crippen LogP) is 4.00. The molecule has 2 rings (SSSR count). The summed E-state index contributed by atoms with van der Waals surface area (Å²) in [5.41, 5.74) is -0.405. The Morgan fingerprint density at radius 3 is 2.52 bits per heavy atom. The topological polar surface area (TPSA) is 81.7 Å². The van der Waals surface area contributed by atoms with Gasteiger partial charge in [-0.15, -0.1) is 24.5 Å². The van der Waals surface area contributed by atoms with Crippen molar-refractivity contribution in [2.45, 2.75) is 11.3 Å².